The molecule has 2 aliphatic heterocycles. The summed E-state index contributed by atoms with van der Waals surface area (Å²) in [5.41, 5.74) is 2.14. The fourth-order valence-electron chi connectivity index (χ4n) is 6.42. The molecule has 50 heavy (non-hydrogen) atoms. The maximum absolute atomic E-state index is 14.9. The van der Waals surface area contributed by atoms with Crippen LogP contribution in [0.5, 0.6) is 5.75 Å². The van der Waals surface area contributed by atoms with Crippen LogP contribution in [0.1, 0.15) is 42.6 Å². The maximum atomic E-state index is 14.9. The van der Waals surface area contributed by atoms with Crippen LogP contribution in [-0.2, 0) is 11.2 Å². The van der Waals surface area contributed by atoms with Gasteiger partial charge in [-0.05, 0) is 81.1 Å². The highest BCUT2D eigenvalue weighted by Crippen LogP contribution is 2.32. The summed E-state index contributed by atoms with van der Waals surface area (Å²) in [5, 5.41) is 12.5. The van der Waals surface area contributed by atoms with Crippen molar-refractivity contribution in [2.45, 2.75) is 45.8 Å². The molecule has 2 saturated heterocycles. The topological polar surface area (TPSA) is 125 Å². The SMILES string of the molecule is CCc1cc(Nc2nccn3c(-c4ccc(OC(F)F)c(F)c4F)cnc23)ccc1C(=O)N[C@@H](C)CNC(=O)C1CCN(CC2CNC2)CC1. The second-order valence-electron chi connectivity index (χ2n) is 12.8. The summed E-state index contributed by atoms with van der Waals surface area (Å²) in [6.45, 7) is 5.91. The van der Waals surface area contributed by atoms with E-state index in [0.29, 0.717) is 35.7 Å². The van der Waals surface area contributed by atoms with E-state index in [1.807, 2.05) is 19.9 Å². The van der Waals surface area contributed by atoms with E-state index in [4.69, 9.17) is 0 Å². The van der Waals surface area contributed by atoms with Gasteiger partial charge in [0.25, 0.3) is 5.91 Å². The van der Waals surface area contributed by atoms with Gasteiger partial charge in [0.1, 0.15) is 0 Å². The number of amides is 2. The second kappa shape index (κ2) is 15.4. The van der Waals surface area contributed by atoms with E-state index in [9.17, 15) is 27.2 Å². The van der Waals surface area contributed by atoms with E-state index in [0.717, 1.165) is 69.2 Å². The lowest BCUT2D eigenvalue weighted by Gasteiger charge is -2.37. The predicted octanol–water partition coefficient (Wildman–Crippen LogP) is 4.75. The van der Waals surface area contributed by atoms with E-state index in [-0.39, 0.29) is 35.0 Å². The van der Waals surface area contributed by atoms with Crippen LogP contribution in [0, 0.1) is 23.5 Å². The molecule has 0 radical (unpaired) electrons. The summed E-state index contributed by atoms with van der Waals surface area (Å²) in [7, 11) is 0. The van der Waals surface area contributed by atoms with Crippen LogP contribution in [0.2, 0.25) is 0 Å². The van der Waals surface area contributed by atoms with Crippen molar-refractivity contribution in [3.63, 3.8) is 0 Å². The van der Waals surface area contributed by atoms with Crippen LogP contribution in [0.25, 0.3) is 16.9 Å². The number of aromatic nitrogens is 3. The van der Waals surface area contributed by atoms with E-state index in [2.05, 4.69) is 40.9 Å². The Kier molecular flexibility index (Phi) is 10.8. The highest BCUT2D eigenvalue weighted by molar-refractivity contribution is 5.96. The van der Waals surface area contributed by atoms with E-state index in [1.165, 1.54) is 23.0 Å². The first kappa shape index (κ1) is 35.1. The molecule has 0 unspecified atom stereocenters. The van der Waals surface area contributed by atoms with Crippen LogP contribution in [0.4, 0.5) is 29.1 Å². The van der Waals surface area contributed by atoms with Gasteiger partial charge in [-0.25, -0.2) is 14.4 Å². The summed E-state index contributed by atoms with van der Waals surface area (Å²) < 4.78 is 60.0. The summed E-state index contributed by atoms with van der Waals surface area (Å²) >= 11 is 0. The van der Waals surface area contributed by atoms with E-state index >= 15 is 0 Å². The summed E-state index contributed by atoms with van der Waals surface area (Å²) in [6, 6.07) is 7.02. The third-order valence-corrected chi connectivity index (χ3v) is 9.26. The number of halogens is 4. The number of aryl methyl sites for hydroxylation is 1. The quantitative estimate of drug-likeness (QED) is 0.148. The van der Waals surface area contributed by atoms with Gasteiger partial charge in [-0.1, -0.05) is 6.92 Å². The number of carbonyl (C=O) groups is 2. The molecule has 4 heterocycles. The lowest BCUT2D eigenvalue weighted by Crippen LogP contribution is -2.50. The van der Waals surface area contributed by atoms with Crippen molar-refractivity contribution >= 4 is 29.0 Å². The molecule has 2 aliphatic rings. The second-order valence-corrected chi connectivity index (χ2v) is 12.8. The number of benzene rings is 2. The van der Waals surface area contributed by atoms with Gasteiger partial charge in [-0.3, -0.25) is 14.0 Å². The van der Waals surface area contributed by atoms with Gasteiger partial charge < -0.3 is 30.9 Å². The minimum absolute atomic E-state index is 0.0137. The van der Waals surface area contributed by atoms with Crippen molar-refractivity contribution in [3.8, 4) is 17.0 Å². The number of piperidine rings is 1. The molecule has 266 valence electrons. The van der Waals surface area contributed by atoms with Gasteiger partial charge in [0.2, 0.25) is 11.7 Å². The molecule has 15 heteroatoms. The van der Waals surface area contributed by atoms with Gasteiger partial charge >= 0.3 is 6.61 Å². The fraction of sp³-hybridized carbons (Fsp3) is 0.429. The smallest absolute Gasteiger partial charge is 0.387 e. The lowest BCUT2D eigenvalue weighted by atomic mass is 9.94. The predicted molar refractivity (Wildman–Crippen MR) is 180 cm³/mol. The van der Waals surface area contributed by atoms with Crippen LogP contribution >= 0.6 is 0 Å². The molecule has 4 aromatic rings. The zero-order chi connectivity index (χ0) is 35.4. The van der Waals surface area contributed by atoms with Gasteiger partial charge in [-0.15, -0.1) is 0 Å². The number of alkyl halides is 2. The first-order chi connectivity index (χ1) is 24.1. The normalized spacial score (nSPS) is 16.3. The number of hydrogen-bond acceptors (Lipinski definition) is 8. The zero-order valence-electron chi connectivity index (χ0n) is 27.8. The molecule has 4 N–H and O–H groups in total. The Bertz CT molecular complexity index is 1840. The van der Waals surface area contributed by atoms with Crippen LogP contribution in [-0.4, -0.2) is 83.0 Å². The standard InChI is InChI=1S/C35H40F4N8O3/c1-3-22-14-24(45-31-32-42-18-27(47(32)13-10-41-31)26-6-7-28(50-35(38)39)30(37)29(26)36)4-5-25(22)34(49)44-20(2)15-43-33(48)23-8-11-46(12-9-23)19-21-16-40-17-21/h4-7,10,13-14,18,20-21,23,35,40H,3,8-9,11-12,15-17,19H2,1-2H3,(H,41,45)(H,43,48)(H,44,49)/t20-/m0/s1. The van der Waals surface area contributed by atoms with Gasteiger partial charge in [-0.2, -0.15) is 13.2 Å². The molecule has 0 saturated carbocycles. The Morgan fingerprint density at radius 2 is 1.86 bits per heavy atom. The molecule has 2 aromatic carbocycles. The molecule has 0 spiro atoms. The minimum atomic E-state index is -3.30. The highest BCUT2D eigenvalue weighted by Gasteiger charge is 2.28. The van der Waals surface area contributed by atoms with E-state index < -0.39 is 24.0 Å². The van der Waals surface area contributed by atoms with Crippen LogP contribution in [0.3, 0.4) is 0 Å². The van der Waals surface area contributed by atoms with Crippen molar-refractivity contribution in [2.24, 2.45) is 11.8 Å². The molecule has 0 aliphatic carbocycles. The number of nitrogens with zero attached hydrogens (tertiary/aromatic N) is 4. The van der Waals surface area contributed by atoms with Crippen molar-refractivity contribution in [1.82, 2.24) is 35.2 Å². The number of rotatable bonds is 13. The van der Waals surface area contributed by atoms with Crippen molar-refractivity contribution < 1.29 is 31.9 Å². The number of likely N-dealkylation sites (tertiary alicyclic amines) is 1. The van der Waals surface area contributed by atoms with Gasteiger partial charge in [0, 0.05) is 67.3 Å². The molecule has 2 aromatic heterocycles. The number of ether oxygens (including phenoxy) is 1. The number of carbonyl (C=O) groups excluding carboxylic acids is 2. The molecule has 0 bridgehead atoms. The summed E-state index contributed by atoms with van der Waals surface area (Å²) in [4.78, 5) is 37.2. The molecule has 11 nitrogen and oxygen atoms in total. The maximum Gasteiger partial charge on any atom is 0.387 e. The van der Waals surface area contributed by atoms with Gasteiger partial charge in [0.05, 0.1) is 11.9 Å². The molecule has 1 atom stereocenters. The minimum Gasteiger partial charge on any atom is -0.432 e. The third kappa shape index (κ3) is 7.83. The lowest BCUT2D eigenvalue weighted by molar-refractivity contribution is -0.126. The van der Waals surface area contributed by atoms with Crippen LogP contribution < -0.4 is 26.0 Å². The van der Waals surface area contributed by atoms with Gasteiger partial charge in [0.15, 0.2) is 23.0 Å². The van der Waals surface area contributed by atoms with Crippen molar-refractivity contribution in [3.05, 3.63) is 71.7 Å². The molecular weight excluding hydrogens is 656 g/mol. The average Bonchev–Trinajstić information content (AvgIpc) is 3.52. The first-order valence-electron chi connectivity index (χ1n) is 16.8. The zero-order valence-corrected chi connectivity index (χ0v) is 27.8. The van der Waals surface area contributed by atoms with Crippen molar-refractivity contribution in [1.29, 1.82) is 0 Å². The monoisotopic (exact) mass is 696 g/mol. The average molecular weight is 697 g/mol. The number of hydrogen-bond donors (Lipinski definition) is 4. The Morgan fingerprint density at radius 3 is 2.56 bits per heavy atom. The first-order valence-corrected chi connectivity index (χ1v) is 16.8. The Balaban J connectivity index is 1.06. The molecule has 2 fully saturated rings. The fourth-order valence-corrected chi connectivity index (χ4v) is 6.42. The number of imidazole rings is 1. The molecule has 2 amide bonds. The Labute approximate surface area is 286 Å². The largest absolute Gasteiger partial charge is 0.432 e. The number of fused-ring (bicyclic) bond motifs is 1. The highest BCUT2D eigenvalue weighted by atomic mass is 19.3. The van der Waals surface area contributed by atoms with Crippen LogP contribution in [0.15, 0.2) is 48.9 Å². The molecule has 6 rings (SSSR count). The number of anilines is 2. The van der Waals surface area contributed by atoms with E-state index in [1.54, 1.807) is 12.1 Å². The van der Waals surface area contributed by atoms with Crippen molar-refractivity contribution in [2.75, 3.05) is 44.6 Å². The Morgan fingerprint density at radius 1 is 1.08 bits per heavy atom. The molecular formula is C35H40F4N8O3. The Hall–Kier alpha value is -4.76. The number of nitrogens with one attached hydrogen (secondary N) is 4. The summed E-state index contributed by atoms with van der Waals surface area (Å²) in [5.74, 6) is -3.01. The summed E-state index contributed by atoms with van der Waals surface area (Å²) in [6.07, 6.45) is 6.51. The third-order valence-electron chi connectivity index (χ3n) is 9.26.